The molecule has 0 fully saturated rings. The van der Waals surface area contributed by atoms with Gasteiger partial charge in [0.1, 0.15) is 5.69 Å². The van der Waals surface area contributed by atoms with Crippen molar-refractivity contribution in [2.75, 3.05) is 5.75 Å². The van der Waals surface area contributed by atoms with Gasteiger partial charge in [-0.15, -0.1) is 0 Å². The first-order chi connectivity index (χ1) is 6.43. The zero-order chi connectivity index (χ0) is 10.8. The minimum absolute atomic E-state index is 0.180. The van der Waals surface area contributed by atoms with E-state index < -0.39 is 11.9 Å². The van der Waals surface area contributed by atoms with E-state index in [2.05, 4.69) is 9.97 Å². The Morgan fingerprint density at radius 3 is 2.50 bits per heavy atom. The Hall–Kier alpha value is -0.780. The molecule has 0 aliphatic heterocycles. The van der Waals surface area contributed by atoms with Gasteiger partial charge < -0.3 is 0 Å². The summed E-state index contributed by atoms with van der Waals surface area (Å²) in [6, 6.07) is 0.944. The number of aryl methyl sites for hydroxylation is 1. The van der Waals surface area contributed by atoms with Crippen molar-refractivity contribution in [1.82, 2.24) is 9.97 Å². The third kappa shape index (κ3) is 2.87. The summed E-state index contributed by atoms with van der Waals surface area (Å²) in [5.41, 5.74) is -0.538. The van der Waals surface area contributed by atoms with Crippen molar-refractivity contribution >= 4 is 11.8 Å². The Morgan fingerprint density at radius 1 is 1.36 bits per heavy atom. The second-order valence-corrected chi connectivity index (χ2v) is 3.84. The summed E-state index contributed by atoms with van der Waals surface area (Å²) < 4.78 is 36.9. The predicted molar refractivity (Wildman–Crippen MR) is 48.2 cm³/mol. The summed E-state index contributed by atoms with van der Waals surface area (Å²) in [6.45, 7) is 3.36. The second-order valence-electron chi connectivity index (χ2n) is 2.61. The lowest BCUT2D eigenvalue weighted by molar-refractivity contribution is -0.141. The molecule has 0 radical (unpaired) electrons. The molecule has 78 valence electrons. The van der Waals surface area contributed by atoms with Gasteiger partial charge in [-0.1, -0.05) is 18.7 Å². The number of thioether (sulfide) groups is 1. The number of hydrogen-bond donors (Lipinski definition) is 0. The Bertz CT molecular complexity index is 325. The molecule has 0 aliphatic carbocycles. The number of halogens is 3. The SMILES string of the molecule is CCSc1nc(C)cc(C(F)(F)F)n1. The molecular weight excluding hydrogens is 213 g/mol. The van der Waals surface area contributed by atoms with Crippen molar-refractivity contribution < 1.29 is 13.2 Å². The largest absolute Gasteiger partial charge is 0.433 e. The lowest BCUT2D eigenvalue weighted by Crippen LogP contribution is -2.10. The number of nitrogens with zero attached hydrogens (tertiary/aromatic N) is 2. The molecule has 2 nitrogen and oxygen atoms in total. The van der Waals surface area contributed by atoms with Crippen LogP contribution in [0.25, 0.3) is 0 Å². The molecule has 0 spiro atoms. The first-order valence-electron chi connectivity index (χ1n) is 3.99. The van der Waals surface area contributed by atoms with Gasteiger partial charge in [-0.05, 0) is 18.7 Å². The van der Waals surface area contributed by atoms with Crippen LogP contribution in [0.15, 0.2) is 11.2 Å². The van der Waals surface area contributed by atoms with Crippen LogP contribution in [0.1, 0.15) is 18.3 Å². The van der Waals surface area contributed by atoms with Crippen LogP contribution >= 0.6 is 11.8 Å². The van der Waals surface area contributed by atoms with Gasteiger partial charge in [-0.2, -0.15) is 13.2 Å². The Labute approximate surface area is 84.0 Å². The first kappa shape index (κ1) is 11.3. The lowest BCUT2D eigenvalue weighted by atomic mass is 10.3. The molecular formula is C8H9F3N2S. The maximum absolute atomic E-state index is 12.3. The van der Waals surface area contributed by atoms with E-state index in [4.69, 9.17) is 0 Å². The van der Waals surface area contributed by atoms with E-state index >= 15 is 0 Å². The monoisotopic (exact) mass is 222 g/mol. The van der Waals surface area contributed by atoms with Gasteiger partial charge in [-0.25, -0.2) is 9.97 Å². The van der Waals surface area contributed by atoms with Gasteiger partial charge in [0.25, 0.3) is 0 Å². The molecule has 1 rings (SSSR count). The maximum Gasteiger partial charge on any atom is 0.433 e. The molecule has 0 atom stereocenters. The molecule has 14 heavy (non-hydrogen) atoms. The molecule has 0 amide bonds. The first-order valence-corrected chi connectivity index (χ1v) is 4.97. The Kier molecular flexibility index (Phi) is 3.36. The standard InChI is InChI=1S/C8H9F3N2S/c1-3-14-7-12-5(2)4-6(13-7)8(9,10)11/h4H,3H2,1-2H3. The molecule has 6 heteroatoms. The van der Waals surface area contributed by atoms with Crippen LogP contribution < -0.4 is 0 Å². The van der Waals surface area contributed by atoms with E-state index in [0.717, 1.165) is 6.07 Å². The summed E-state index contributed by atoms with van der Waals surface area (Å²) in [5.74, 6) is 0.654. The second kappa shape index (κ2) is 4.16. The highest BCUT2D eigenvalue weighted by atomic mass is 32.2. The van der Waals surface area contributed by atoms with Crippen LogP contribution in [0.2, 0.25) is 0 Å². The highest BCUT2D eigenvalue weighted by Gasteiger charge is 2.33. The normalized spacial score (nSPS) is 11.8. The summed E-state index contributed by atoms with van der Waals surface area (Å²) >= 11 is 1.20. The zero-order valence-corrected chi connectivity index (χ0v) is 8.54. The van der Waals surface area contributed by atoms with Crippen LogP contribution in [-0.2, 0) is 6.18 Å². The van der Waals surface area contributed by atoms with Crippen molar-refractivity contribution in [2.45, 2.75) is 25.2 Å². The van der Waals surface area contributed by atoms with E-state index in [1.807, 2.05) is 6.92 Å². The average molecular weight is 222 g/mol. The van der Waals surface area contributed by atoms with Crippen LogP contribution in [-0.4, -0.2) is 15.7 Å². The molecule has 0 unspecified atom stereocenters. The number of aromatic nitrogens is 2. The van der Waals surface area contributed by atoms with Crippen molar-refractivity contribution in [3.05, 3.63) is 17.5 Å². The molecule has 0 aromatic carbocycles. The average Bonchev–Trinajstić information content (AvgIpc) is 2.02. The van der Waals surface area contributed by atoms with E-state index in [1.165, 1.54) is 18.7 Å². The molecule has 1 aromatic heterocycles. The minimum Gasteiger partial charge on any atom is -0.228 e. The summed E-state index contributed by atoms with van der Waals surface area (Å²) in [7, 11) is 0. The van der Waals surface area contributed by atoms with Gasteiger partial charge in [-0.3, -0.25) is 0 Å². The van der Waals surface area contributed by atoms with Crippen LogP contribution in [0.4, 0.5) is 13.2 Å². The molecule has 0 bridgehead atoms. The lowest BCUT2D eigenvalue weighted by Gasteiger charge is -2.07. The van der Waals surface area contributed by atoms with Crippen LogP contribution in [0.3, 0.4) is 0 Å². The fourth-order valence-corrected chi connectivity index (χ4v) is 1.51. The Balaban J connectivity index is 3.07. The third-order valence-electron chi connectivity index (χ3n) is 1.40. The zero-order valence-electron chi connectivity index (χ0n) is 7.72. The number of hydrogen-bond acceptors (Lipinski definition) is 3. The molecule has 0 aliphatic rings. The van der Waals surface area contributed by atoms with E-state index in [1.54, 1.807) is 0 Å². The van der Waals surface area contributed by atoms with E-state index in [9.17, 15) is 13.2 Å². The molecule has 0 N–H and O–H groups in total. The fourth-order valence-electron chi connectivity index (χ4n) is 0.880. The summed E-state index contributed by atoms with van der Waals surface area (Å²) in [4.78, 5) is 7.31. The number of alkyl halides is 3. The fraction of sp³-hybridized carbons (Fsp3) is 0.500. The highest BCUT2D eigenvalue weighted by molar-refractivity contribution is 7.99. The van der Waals surface area contributed by atoms with Gasteiger partial charge in [0.05, 0.1) is 0 Å². The molecule has 1 aromatic rings. The van der Waals surface area contributed by atoms with Crippen molar-refractivity contribution in [1.29, 1.82) is 0 Å². The smallest absolute Gasteiger partial charge is 0.228 e. The van der Waals surface area contributed by atoms with Crippen LogP contribution in [0.5, 0.6) is 0 Å². The van der Waals surface area contributed by atoms with Crippen molar-refractivity contribution in [2.24, 2.45) is 0 Å². The predicted octanol–water partition coefficient (Wildman–Crippen LogP) is 2.92. The minimum atomic E-state index is -4.39. The summed E-state index contributed by atoms with van der Waals surface area (Å²) in [6.07, 6.45) is -4.39. The molecule has 0 saturated heterocycles. The van der Waals surface area contributed by atoms with E-state index in [0.29, 0.717) is 11.4 Å². The Morgan fingerprint density at radius 2 is 2.00 bits per heavy atom. The van der Waals surface area contributed by atoms with Gasteiger partial charge in [0.15, 0.2) is 5.16 Å². The topological polar surface area (TPSA) is 25.8 Å². The number of rotatable bonds is 2. The molecule has 1 heterocycles. The van der Waals surface area contributed by atoms with Gasteiger partial charge >= 0.3 is 6.18 Å². The quantitative estimate of drug-likeness (QED) is 0.568. The summed E-state index contributed by atoms with van der Waals surface area (Å²) in [5, 5.41) is 0.180. The van der Waals surface area contributed by atoms with Crippen molar-refractivity contribution in [3.63, 3.8) is 0 Å². The third-order valence-corrected chi connectivity index (χ3v) is 2.13. The maximum atomic E-state index is 12.3. The van der Waals surface area contributed by atoms with Crippen LogP contribution in [0, 0.1) is 6.92 Å². The van der Waals surface area contributed by atoms with Gasteiger partial charge in [0, 0.05) is 5.69 Å². The highest BCUT2D eigenvalue weighted by Crippen LogP contribution is 2.29. The van der Waals surface area contributed by atoms with Gasteiger partial charge in [0.2, 0.25) is 0 Å². The molecule has 0 saturated carbocycles. The van der Waals surface area contributed by atoms with Crippen molar-refractivity contribution in [3.8, 4) is 0 Å². The van der Waals surface area contributed by atoms with E-state index in [-0.39, 0.29) is 5.16 Å².